The molecule has 0 aliphatic heterocycles. The van der Waals surface area contributed by atoms with Crippen LogP contribution in [-0.4, -0.2) is 24.3 Å². The first-order valence-corrected chi connectivity index (χ1v) is 5.56. The number of aliphatic hydroxyl groups excluding tert-OH is 1. The predicted octanol–water partition coefficient (Wildman–Crippen LogP) is 2.18. The first kappa shape index (κ1) is 12.4. The Morgan fingerprint density at radius 3 is 2.11 bits per heavy atom. The van der Waals surface area contributed by atoms with E-state index in [0.29, 0.717) is 5.88 Å². The number of hydrogen-bond donors (Lipinski definition) is 1. The number of nitrogens with zero attached hydrogens (tertiary/aromatic N) is 1. The number of hydrogen-bond acceptors (Lipinski definition) is 4. The van der Waals surface area contributed by atoms with Gasteiger partial charge in [0.15, 0.2) is 0 Å². The highest BCUT2D eigenvalue weighted by molar-refractivity contribution is 5.33. The van der Waals surface area contributed by atoms with Crippen molar-refractivity contribution >= 4 is 0 Å². The van der Waals surface area contributed by atoms with Crippen molar-refractivity contribution in [1.82, 2.24) is 4.98 Å². The van der Waals surface area contributed by atoms with Gasteiger partial charge < -0.3 is 14.6 Å². The maximum Gasteiger partial charge on any atom is 0.212 e. The summed E-state index contributed by atoms with van der Waals surface area (Å²) in [5, 5.41) is 10.2. The number of benzene rings is 1. The molecule has 1 aromatic carbocycles. The second-order valence-corrected chi connectivity index (χ2v) is 3.81. The summed E-state index contributed by atoms with van der Waals surface area (Å²) in [7, 11) is 3.17. The largest absolute Gasteiger partial charge is 0.497 e. The maximum absolute atomic E-state index is 10.2. The summed E-state index contributed by atoms with van der Waals surface area (Å²) in [4.78, 5) is 4.07. The number of aromatic nitrogens is 1. The molecule has 0 saturated heterocycles. The van der Waals surface area contributed by atoms with Crippen molar-refractivity contribution in [2.24, 2.45) is 0 Å². The fourth-order valence-electron chi connectivity index (χ4n) is 1.65. The Hall–Kier alpha value is -2.07. The fraction of sp³-hybridized carbons (Fsp3) is 0.214. The number of rotatable bonds is 4. The molecule has 1 N–H and O–H groups in total. The van der Waals surface area contributed by atoms with Gasteiger partial charge in [-0.05, 0) is 23.8 Å². The lowest BCUT2D eigenvalue weighted by Crippen LogP contribution is -2.00. The molecular weight excluding hydrogens is 230 g/mol. The van der Waals surface area contributed by atoms with Crippen molar-refractivity contribution in [1.29, 1.82) is 0 Å². The summed E-state index contributed by atoms with van der Waals surface area (Å²) in [6.45, 7) is 0. The van der Waals surface area contributed by atoms with Crippen LogP contribution in [0, 0.1) is 0 Å². The van der Waals surface area contributed by atoms with E-state index in [0.717, 1.165) is 16.9 Å². The van der Waals surface area contributed by atoms with E-state index in [1.165, 1.54) is 0 Å². The minimum absolute atomic E-state index is 0.528. The number of methoxy groups -OCH3 is 2. The third-order valence-corrected chi connectivity index (χ3v) is 2.72. The molecule has 1 unspecified atom stereocenters. The summed E-state index contributed by atoms with van der Waals surface area (Å²) in [5.74, 6) is 1.29. The summed E-state index contributed by atoms with van der Waals surface area (Å²) in [5.41, 5.74) is 1.52. The van der Waals surface area contributed by atoms with Crippen LogP contribution >= 0.6 is 0 Å². The molecule has 2 aromatic rings. The second kappa shape index (κ2) is 5.51. The van der Waals surface area contributed by atoms with Crippen LogP contribution in [0.5, 0.6) is 11.6 Å². The van der Waals surface area contributed by atoms with Gasteiger partial charge in [-0.3, -0.25) is 0 Å². The SMILES string of the molecule is COc1ccc(C(O)c2ccc(OC)nc2)cc1. The van der Waals surface area contributed by atoms with Gasteiger partial charge in [0.1, 0.15) is 11.9 Å². The maximum atomic E-state index is 10.2. The third-order valence-electron chi connectivity index (χ3n) is 2.72. The van der Waals surface area contributed by atoms with E-state index in [1.807, 2.05) is 24.3 Å². The van der Waals surface area contributed by atoms with E-state index < -0.39 is 6.10 Å². The van der Waals surface area contributed by atoms with Crippen molar-refractivity contribution in [3.8, 4) is 11.6 Å². The van der Waals surface area contributed by atoms with Crippen molar-refractivity contribution in [2.45, 2.75) is 6.10 Å². The smallest absolute Gasteiger partial charge is 0.212 e. The standard InChI is InChI=1S/C14H15NO3/c1-17-12-6-3-10(4-7-12)14(16)11-5-8-13(18-2)15-9-11/h3-9,14,16H,1-2H3. The molecule has 0 amide bonds. The van der Waals surface area contributed by atoms with Crippen molar-refractivity contribution in [3.63, 3.8) is 0 Å². The minimum Gasteiger partial charge on any atom is -0.497 e. The fourth-order valence-corrected chi connectivity index (χ4v) is 1.65. The van der Waals surface area contributed by atoms with E-state index in [4.69, 9.17) is 9.47 Å². The molecule has 1 atom stereocenters. The van der Waals surface area contributed by atoms with Gasteiger partial charge in [0, 0.05) is 17.8 Å². The monoisotopic (exact) mass is 245 g/mol. The lowest BCUT2D eigenvalue weighted by atomic mass is 10.0. The lowest BCUT2D eigenvalue weighted by molar-refractivity contribution is 0.219. The summed E-state index contributed by atoms with van der Waals surface area (Å²) >= 11 is 0. The highest BCUT2D eigenvalue weighted by Gasteiger charge is 2.11. The third kappa shape index (κ3) is 2.60. The van der Waals surface area contributed by atoms with Crippen molar-refractivity contribution in [3.05, 3.63) is 53.7 Å². The van der Waals surface area contributed by atoms with E-state index >= 15 is 0 Å². The molecule has 18 heavy (non-hydrogen) atoms. The molecule has 4 heteroatoms. The van der Waals surface area contributed by atoms with Crippen LogP contribution in [0.1, 0.15) is 17.2 Å². The Balaban J connectivity index is 2.20. The molecule has 0 aliphatic rings. The molecule has 2 rings (SSSR count). The Morgan fingerprint density at radius 1 is 0.944 bits per heavy atom. The van der Waals surface area contributed by atoms with E-state index in [1.54, 1.807) is 32.5 Å². The quantitative estimate of drug-likeness (QED) is 0.897. The molecule has 0 radical (unpaired) electrons. The summed E-state index contributed by atoms with van der Waals surface area (Å²) < 4.78 is 10.1. The normalized spacial score (nSPS) is 11.9. The summed E-state index contributed by atoms with van der Waals surface area (Å²) in [6.07, 6.45) is 0.905. The highest BCUT2D eigenvalue weighted by Crippen LogP contribution is 2.24. The van der Waals surface area contributed by atoms with Crippen molar-refractivity contribution in [2.75, 3.05) is 14.2 Å². The average molecular weight is 245 g/mol. The van der Waals surface area contributed by atoms with Gasteiger partial charge in [-0.1, -0.05) is 12.1 Å². The first-order chi connectivity index (χ1) is 8.74. The van der Waals surface area contributed by atoms with Crippen LogP contribution in [0.15, 0.2) is 42.6 Å². The van der Waals surface area contributed by atoms with Crippen LogP contribution in [0.25, 0.3) is 0 Å². The van der Waals surface area contributed by atoms with E-state index in [2.05, 4.69) is 4.98 Å². The van der Waals surface area contributed by atoms with Gasteiger partial charge in [0.05, 0.1) is 14.2 Å². The molecule has 0 saturated carbocycles. The van der Waals surface area contributed by atoms with E-state index in [-0.39, 0.29) is 0 Å². The molecule has 4 nitrogen and oxygen atoms in total. The molecule has 94 valence electrons. The molecular formula is C14H15NO3. The molecule has 1 aromatic heterocycles. The molecule has 0 fully saturated rings. The minimum atomic E-state index is -0.700. The van der Waals surface area contributed by atoms with Crippen LogP contribution in [-0.2, 0) is 0 Å². The van der Waals surface area contributed by atoms with Crippen molar-refractivity contribution < 1.29 is 14.6 Å². The Labute approximate surface area is 106 Å². The zero-order valence-electron chi connectivity index (χ0n) is 10.3. The number of aliphatic hydroxyl groups is 1. The van der Waals surface area contributed by atoms with Gasteiger partial charge in [-0.2, -0.15) is 0 Å². The second-order valence-electron chi connectivity index (χ2n) is 3.81. The van der Waals surface area contributed by atoms with Gasteiger partial charge in [-0.25, -0.2) is 4.98 Å². The number of pyridine rings is 1. The Kier molecular flexibility index (Phi) is 3.79. The Morgan fingerprint density at radius 2 is 1.61 bits per heavy atom. The Bertz CT molecular complexity index is 446. The van der Waals surface area contributed by atoms with Gasteiger partial charge >= 0.3 is 0 Å². The zero-order chi connectivity index (χ0) is 13.0. The lowest BCUT2D eigenvalue weighted by Gasteiger charge is -2.12. The summed E-state index contributed by atoms with van der Waals surface area (Å²) in [6, 6.07) is 10.8. The van der Waals surface area contributed by atoms with Crippen LogP contribution < -0.4 is 9.47 Å². The van der Waals surface area contributed by atoms with E-state index in [9.17, 15) is 5.11 Å². The van der Waals surface area contributed by atoms with Gasteiger partial charge in [-0.15, -0.1) is 0 Å². The molecule has 1 heterocycles. The first-order valence-electron chi connectivity index (χ1n) is 5.56. The van der Waals surface area contributed by atoms with Crippen LogP contribution in [0.3, 0.4) is 0 Å². The average Bonchev–Trinajstić information content (AvgIpc) is 2.47. The van der Waals surface area contributed by atoms with Gasteiger partial charge in [0.25, 0.3) is 0 Å². The molecule has 0 aliphatic carbocycles. The zero-order valence-corrected chi connectivity index (χ0v) is 10.3. The predicted molar refractivity (Wildman–Crippen MR) is 67.8 cm³/mol. The highest BCUT2D eigenvalue weighted by atomic mass is 16.5. The molecule has 0 spiro atoms. The topological polar surface area (TPSA) is 51.6 Å². The van der Waals surface area contributed by atoms with Crippen LogP contribution in [0.2, 0.25) is 0 Å². The molecule has 0 bridgehead atoms. The number of ether oxygens (including phenoxy) is 2. The van der Waals surface area contributed by atoms with Gasteiger partial charge in [0.2, 0.25) is 5.88 Å². The van der Waals surface area contributed by atoms with Crippen LogP contribution in [0.4, 0.5) is 0 Å².